The summed E-state index contributed by atoms with van der Waals surface area (Å²) in [6.07, 6.45) is 5.68. The summed E-state index contributed by atoms with van der Waals surface area (Å²) in [5.74, 6) is 0. The molecular weight excluding hydrogens is 240 g/mol. The normalized spacial score (nSPS) is 13.9. The van der Waals surface area contributed by atoms with Gasteiger partial charge in [0.2, 0.25) is 0 Å². The van der Waals surface area contributed by atoms with Crippen LogP contribution in [0.4, 0.5) is 5.69 Å². The van der Waals surface area contributed by atoms with Crippen LogP contribution in [0, 0.1) is 6.92 Å². The van der Waals surface area contributed by atoms with Crippen molar-refractivity contribution >= 4 is 22.9 Å². The van der Waals surface area contributed by atoms with Gasteiger partial charge in [-0.05, 0) is 48.2 Å². The largest absolute Gasteiger partial charge is 0.350 e. The Kier molecular flexibility index (Phi) is 2.84. The zero-order chi connectivity index (χ0) is 12.5. The first-order valence-electron chi connectivity index (χ1n) is 6.08. The highest BCUT2D eigenvalue weighted by Crippen LogP contribution is 2.31. The van der Waals surface area contributed by atoms with Crippen LogP contribution in [0.2, 0.25) is 0 Å². The second-order valence-electron chi connectivity index (χ2n) is 4.61. The molecule has 0 radical (unpaired) electrons. The summed E-state index contributed by atoms with van der Waals surface area (Å²) in [5.41, 5.74) is 6.19. The van der Waals surface area contributed by atoms with E-state index in [9.17, 15) is 0 Å². The highest BCUT2D eigenvalue weighted by molar-refractivity contribution is 7.80. The maximum absolute atomic E-state index is 5.23. The van der Waals surface area contributed by atoms with Crippen molar-refractivity contribution in [3.8, 4) is 11.1 Å². The molecule has 0 aliphatic carbocycles. The van der Waals surface area contributed by atoms with E-state index in [-0.39, 0.29) is 0 Å². The van der Waals surface area contributed by atoms with Crippen LogP contribution in [0.25, 0.3) is 11.1 Å². The number of rotatable bonds is 1. The fraction of sp³-hybridized carbons (Fsp3) is 0.200. The van der Waals surface area contributed by atoms with Crippen LogP contribution >= 0.6 is 12.2 Å². The molecule has 0 spiro atoms. The van der Waals surface area contributed by atoms with Crippen molar-refractivity contribution in [3.63, 3.8) is 0 Å². The Balaban J connectivity index is 2.10. The minimum atomic E-state index is 0.941. The van der Waals surface area contributed by atoms with Crippen molar-refractivity contribution < 1.29 is 0 Å². The van der Waals surface area contributed by atoms with Crippen molar-refractivity contribution in [1.82, 2.24) is 4.98 Å². The Hall–Kier alpha value is -1.74. The molecule has 0 amide bonds. The molecule has 0 fully saturated rings. The van der Waals surface area contributed by atoms with Gasteiger partial charge >= 0.3 is 0 Å². The van der Waals surface area contributed by atoms with Gasteiger partial charge in [-0.2, -0.15) is 0 Å². The Bertz CT molecular complexity index is 605. The SMILES string of the molecule is Cc1cc2c(cc1-c1cccnc1)CCC(=S)N2. The van der Waals surface area contributed by atoms with Gasteiger partial charge in [0.25, 0.3) is 0 Å². The molecule has 1 aromatic heterocycles. The molecule has 1 aromatic carbocycles. The number of nitrogens with one attached hydrogen (secondary N) is 1. The first-order valence-corrected chi connectivity index (χ1v) is 6.48. The molecule has 0 saturated carbocycles. The molecule has 0 bridgehead atoms. The topological polar surface area (TPSA) is 24.9 Å². The Morgan fingerprint density at radius 1 is 1.28 bits per heavy atom. The number of aryl methyl sites for hydroxylation is 2. The molecule has 2 nitrogen and oxygen atoms in total. The average molecular weight is 254 g/mol. The van der Waals surface area contributed by atoms with Crippen LogP contribution in [0.15, 0.2) is 36.7 Å². The number of hydrogen-bond acceptors (Lipinski definition) is 2. The number of fused-ring (bicyclic) bond motifs is 1. The summed E-state index contributed by atoms with van der Waals surface area (Å²) in [4.78, 5) is 5.13. The molecular formula is C15H14N2S. The quantitative estimate of drug-likeness (QED) is 0.785. The van der Waals surface area contributed by atoms with Gasteiger partial charge in [-0.1, -0.05) is 18.3 Å². The van der Waals surface area contributed by atoms with E-state index in [1.807, 2.05) is 12.3 Å². The van der Waals surface area contributed by atoms with Gasteiger partial charge in [-0.15, -0.1) is 0 Å². The lowest BCUT2D eigenvalue weighted by Gasteiger charge is -2.21. The first kappa shape index (κ1) is 11.4. The van der Waals surface area contributed by atoms with E-state index in [0.29, 0.717) is 0 Å². The minimum Gasteiger partial charge on any atom is -0.350 e. The number of anilines is 1. The van der Waals surface area contributed by atoms with Gasteiger partial charge in [0.05, 0.1) is 4.99 Å². The monoisotopic (exact) mass is 254 g/mol. The molecule has 1 aliphatic heterocycles. The van der Waals surface area contributed by atoms with Gasteiger partial charge in [0.1, 0.15) is 0 Å². The lowest BCUT2D eigenvalue weighted by atomic mass is 9.94. The third-order valence-electron chi connectivity index (χ3n) is 3.32. The van der Waals surface area contributed by atoms with E-state index in [1.165, 1.54) is 22.3 Å². The van der Waals surface area contributed by atoms with E-state index >= 15 is 0 Å². The van der Waals surface area contributed by atoms with Crippen molar-refractivity contribution in [3.05, 3.63) is 47.8 Å². The van der Waals surface area contributed by atoms with Crippen molar-refractivity contribution in [2.75, 3.05) is 5.32 Å². The molecule has 0 saturated heterocycles. The molecule has 0 atom stereocenters. The molecule has 1 N–H and O–H groups in total. The van der Waals surface area contributed by atoms with Crippen molar-refractivity contribution in [1.29, 1.82) is 0 Å². The van der Waals surface area contributed by atoms with Gasteiger partial charge in [0, 0.05) is 30.1 Å². The van der Waals surface area contributed by atoms with Gasteiger partial charge in [-0.25, -0.2) is 0 Å². The predicted octanol–water partition coefficient (Wildman–Crippen LogP) is 3.74. The van der Waals surface area contributed by atoms with E-state index < -0.39 is 0 Å². The summed E-state index contributed by atoms with van der Waals surface area (Å²) < 4.78 is 0. The predicted molar refractivity (Wildman–Crippen MR) is 79.0 cm³/mol. The Labute approximate surface area is 112 Å². The lowest BCUT2D eigenvalue weighted by Crippen LogP contribution is -2.17. The Morgan fingerprint density at radius 3 is 2.94 bits per heavy atom. The molecule has 2 heterocycles. The molecule has 90 valence electrons. The summed E-state index contributed by atoms with van der Waals surface area (Å²) in [7, 11) is 0. The van der Waals surface area contributed by atoms with Crippen LogP contribution in [-0.4, -0.2) is 9.97 Å². The average Bonchev–Trinajstić information content (AvgIpc) is 2.39. The molecule has 3 rings (SSSR count). The highest BCUT2D eigenvalue weighted by Gasteiger charge is 2.14. The van der Waals surface area contributed by atoms with Gasteiger partial charge in [-0.3, -0.25) is 4.98 Å². The third kappa shape index (κ3) is 2.02. The first-order chi connectivity index (χ1) is 8.74. The lowest BCUT2D eigenvalue weighted by molar-refractivity contribution is 1.03. The number of thiocarbonyl (C=S) groups is 1. The standard InChI is InChI=1S/C15H14N2S/c1-10-7-14-11(4-5-15(18)17-14)8-13(10)12-3-2-6-16-9-12/h2-3,6-9H,4-5H2,1H3,(H,17,18). The second kappa shape index (κ2) is 4.50. The summed E-state index contributed by atoms with van der Waals surface area (Å²) in [6.45, 7) is 2.13. The van der Waals surface area contributed by atoms with Crippen LogP contribution < -0.4 is 5.32 Å². The van der Waals surface area contributed by atoms with Gasteiger partial charge in [0.15, 0.2) is 0 Å². The fourth-order valence-corrected chi connectivity index (χ4v) is 2.58. The Morgan fingerprint density at radius 2 is 2.17 bits per heavy atom. The molecule has 18 heavy (non-hydrogen) atoms. The molecule has 2 aromatic rings. The fourth-order valence-electron chi connectivity index (χ4n) is 2.37. The van der Waals surface area contributed by atoms with E-state index in [1.54, 1.807) is 6.20 Å². The zero-order valence-corrected chi connectivity index (χ0v) is 11.1. The molecule has 1 aliphatic rings. The summed E-state index contributed by atoms with van der Waals surface area (Å²) >= 11 is 5.23. The van der Waals surface area contributed by atoms with E-state index in [0.717, 1.165) is 23.5 Å². The smallest absolute Gasteiger partial charge is 0.0800 e. The molecule has 3 heteroatoms. The maximum atomic E-state index is 5.23. The number of pyridine rings is 1. The van der Waals surface area contributed by atoms with Crippen molar-refractivity contribution in [2.45, 2.75) is 19.8 Å². The number of aromatic nitrogens is 1. The maximum Gasteiger partial charge on any atom is 0.0800 e. The zero-order valence-electron chi connectivity index (χ0n) is 10.2. The molecule has 0 unspecified atom stereocenters. The summed E-state index contributed by atoms with van der Waals surface area (Å²) in [6, 6.07) is 8.52. The second-order valence-corrected chi connectivity index (χ2v) is 5.11. The third-order valence-corrected chi connectivity index (χ3v) is 3.62. The summed E-state index contributed by atoms with van der Waals surface area (Å²) in [5, 5.41) is 3.30. The van der Waals surface area contributed by atoms with Gasteiger partial charge < -0.3 is 5.32 Å². The van der Waals surface area contributed by atoms with Crippen molar-refractivity contribution in [2.24, 2.45) is 0 Å². The van der Waals surface area contributed by atoms with E-state index in [4.69, 9.17) is 12.2 Å². The van der Waals surface area contributed by atoms with Crippen LogP contribution in [0.5, 0.6) is 0 Å². The minimum absolute atomic E-state index is 0.941. The van der Waals surface area contributed by atoms with Crippen LogP contribution in [0.1, 0.15) is 17.5 Å². The van der Waals surface area contributed by atoms with Crippen LogP contribution in [0.3, 0.4) is 0 Å². The van der Waals surface area contributed by atoms with E-state index in [2.05, 4.69) is 35.4 Å². The number of benzene rings is 1. The van der Waals surface area contributed by atoms with Crippen LogP contribution in [-0.2, 0) is 6.42 Å². The number of nitrogens with zero attached hydrogens (tertiary/aromatic N) is 1. The number of hydrogen-bond donors (Lipinski definition) is 1. The highest BCUT2D eigenvalue weighted by atomic mass is 32.1.